The van der Waals surface area contributed by atoms with E-state index in [2.05, 4.69) is 0 Å². The van der Waals surface area contributed by atoms with E-state index in [1.807, 2.05) is 70.5 Å². The number of amides is 2. The summed E-state index contributed by atoms with van der Waals surface area (Å²) in [5, 5.41) is 0. The predicted molar refractivity (Wildman–Crippen MR) is 126 cm³/mol. The molecule has 0 N–H and O–H groups in total. The van der Waals surface area contributed by atoms with Gasteiger partial charge in [-0.25, -0.2) is 4.98 Å². The number of rotatable bonds is 2. The van der Waals surface area contributed by atoms with Crippen LogP contribution in [0.1, 0.15) is 31.8 Å². The predicted octanol–water partition coefficient (Wildman–Crippen LogP) is 3.92. The van der Waals surface area contributed by atoms with E-state index in [0.717, 1.165) is 34.0 Å². The highest BCUT2D eigenvalue weighted by Crippen LogP contribution is 2.48. The summed E-state index contributed by atoms with van der Waals surface area (Å²) in [4.78, 5) is 36.3. The van der Waals surface area contributed by atoms with E-state index in [9.17, 15) is 9.59 Å². The fourth-order valence-corrected chi connectivity index (χ4v) is 4.76. The number of pyridine rings is 1. The van der Waals surface area contributed by atoms with Gasteiger partial charge >= 0.3 is 0 Å². The maximum atomic E-state index is 13.2. The van der Waals surface area contributed by atoms with Crippen molar-refractivity contribution in [2.24, 2.45) is 0 Å². The highest BCUT2D eigenvalue weighted by molar-refractivity contribution is 6.16. The first kappa shape index (κ1) is 19.7. The summed E-state index contributed by atoms with van der Waals surface area (Å²) in [5.41, 5.74) is 5.60. The lowest BCUT2D eigenvalue weighted by Gasteiger charge is -2.28. The standard InChI is InChI=1S/C26H22N4O3/c1-28-22-16-17-6-4-10-27-24(17)30(21-9-3-8-20(23(21)22)26(28)32)19-7-2-5-18(15-19)25(31)29-11-13-33-14-12-29/h2-10,15-16H,11-14H2,1H3. The number of carbonyl (C=O) groups excluding carboxylic acids is 2. The molecule has 3 aliphatic heterocycles. The normalized spacial score (nSPS) is 16.8. The molecule has 0 atom stereocenters. The average molecular weight is 438 g/mol. The lowest BCUT2D eigenvalue weighted by atomic mass is 10.0. The zero-order valence-electron chi connectivity index (χ0n) is 18.2. The number of carbonyl (C=O) groups is 2. The Hall–Kier alpha value is -3.97. The SMILES string of the molecule is CN1C(=O)c2cccc3c2C1=Cc1cccnc1N3c1cccc(C(=O)N2CCOCC2)c1. The molecule has 1 fully saturated rings. The fourth-order valence-electron chi connectivity index (χ4n) is 4.76. The van der Waals surface area contributed by atoms with Gasteiger partial charge in [0, 0.05) is 48.7 Å². The van der Waals surface area contributed by atoms with E-state index in [-0.39, 0.29) is 11.8 Å². The lowest BCUT2D eigenvalue weighted by molar-refractivity contribution is 0.0303. The second kappa shape index (κ2) is 7.56. The van der Waals surface area contributed by atoms with Crippen molar-refractivity contribution in [2.45, 2.75) is 0 Å². The molecule has 6 rings (SSSR count). The Morgan fingerprint density at radius 3 is 2.70 bits per heavy atom. The van der Waals surface area contributed by atoms with E-state index in [1.165, 1.54) is 0 Å². The van der Waals surface area contributed by atoms with Gasteiger partial charge in [0.2, 0.25) is 0 Å². The molecule has 0 saturated carbocycles. The van der Waals surface area contributed by atoms with Crippen molar-refractivity contribution in [1.29, 1.82) is 0 Å². The Labute approximate surface area is 191 Å². The van der Waals surface area contributed by atoms with Crippen molar-refractivity contribution >= 4 is 40.8 Å². The maximum absolute atomic E-state index is 13.2. The molecular weight excluding hydrogens is 416 g/mol. The summed E-state index contributed by atoms with van der Waals surface area (Å²) in [6.07, 6.45) is 3.77. The summed E-state index contributed by atoms with van der Waals surface area (Å²) < 4.78 is 5.39. The minimum atomic E-state index is -0.0263. The van der Waals surface area contributed by atoms with Gasteiger partial charge in [-0.05, 0) is 48.5 Å². The minimum absolute atomic E-state index is 0.0109. The van der Waals surface area contributed by atoms with E-state index in [1.54, 1.807) is 18.1 Å². The topological polar surface area (TPSA) is 66.0 Å². The van der Waals surface area contributed by atoms with Crippen LogP contribution in [-0.2, 0) is 4.74 Å². The van der Waals surface area contributed by atoms with Crippen LogP contribution in [0.3, 0.4) is 0 Å². The van der Waals surface area contributed by atoms with Crippen LogP contribution in [0.25, 0.3) is 11.8 Å². The highest BCUT2D eigenvalue weighted by atomic mass is 16.5. The smallest absolute Gasteiger partial charge is 0.258 e. The molecule has 3 aromatic rings. The van der Waals surface area contributed by atoms with Crippen LogP contribution in [0.4, 0.5) is 17.2 Å². The Bertz CT molecular complexity index is 1330. The van der Waals surface area contributed by atoms with Crippen molar-refractivity contribution in [2.75, 3.05) is 38.3 Å². The first-order valence-corrected chi connectivity index (χ1v) is 11.0. The van der Waals surface area contributed by atoms with Gasteiger partial charge in [-0.15, -0.1) is 0 Å². The number of morpholine rings is 1. The zero-order valence-corrected chi connectivity index (χ0v) is 18.2. The Kier molecular flexibility index (Phi) is 4.52. The van der Waals surface area contributed by atoms with Gasteiger partial charge in [0.25, 0.3) is 11.8 Å². The first-order valence-electron chi connectivity index (χ1n) is 11.0. The van der Waals surface area contributed by atoms with Crippen LogP contribution in [0.15, 0.2) is 60.8 Å². The molecule has 0 radical (unpaired) electrons. The van der Waals surface area contributed by atoms with E-state index in [4.69, 9.17) is 9.72 Å². The molecule has 0 unspecified atom stereocenters. The minimum Gasteiger partial charge on any atom is -0.378 e. The van der Waals surface area contributed by atoms with Gasteiger partial charge < -0.3 is 14.5 Å². The number of hydrogen-bond acceptors (Lipinski definition) is 5. The third kappa shape index (κ3) is 3.04. The van der Waals surface area contributed by atoms with Crippen LogP contribution in [-0.4, -0.2) is 59.9 Å². The summed E-state index contributed by atoms with van der Waals surface area (Å²) >= 11 is 0. The number of hydrogen-bond donors (Lipinski definition) is 0. The van der Waals surface area contributed by atoms with Crippen LogP contribution >= 0.6 is 0 Å². The summed E-state index contributed by atoms with van der Waals surface area (Å²) in [7, 11) is 1.80. The molecule has 4 heterocycles. The monoisotopic (exact) mass is 438 g/mol. The number of anilines is 3. The third-order valence-electron chi connectivity index (χ3n) is 6.41. The average Bonchev–Trinajstić information content (AvgIpc) is 3.02. The Morgan fingerprint density at radius 1 is 1.03 bits per heavy atom. The molecular formula is C26H22N4O3. The number of nitrogens with zero attached hydrogens (tertiary/aromatic N) is 4. The van der Waals surface area contributed by atoms with Crippen LogP contribution < -0.4 is 4.90 Å². The summed E-state index contributed by atoms with van der Waals surface area (Å²) in [6.45, 7) is 2.29. The Morgan fingerprint density at radius 2 is 1.85 bits per heavy atom. The molecule has 0 bridgehead atoms. The number of fused-ring (bicyclic) bond motifs is 1. The first-order chi connectivity index (χ1) is 16.1. The van der Waals surface area contributed by atoms with Crippen LogP contribution in [0.5, 0.6) is 0 Å². The van der Waals surface area contributed by atoms with Gasteiger partial charge in [-0.3, -0.25) is 14.5 Å². The zero-order chi connectivity index (χ0) is 22.5. The van der Waals surface area contributed by atoms with E-state index < -0.39 is 0 Å². The molecule has 2 aromatic carbocycles. The second-order valence-electron chi connectivity index (χ2n) is 8.30. The van der Waals surface area contributed by atoms with Gasteiger partial charge in [0.05, 0.1) is 30.2 Å². The molecule has 164 valence electrons. The van der Waals surface area contributed by atoms with E-state index in [0.29, 0.717) is 37.4 Å². The van der Waals surface area contributed by atoms with Gasteiger partial charge in [-0.2, -0.15) is 0 Å². The van der Waals surface area contributed by atoms with Crippen molar-refractivity contribution in [3.8, 4) is 0 Å². The van der Waals surface area contributed by atoms with Crippen molar-refractivity contribution in [3.63, 3.8) is 0 Å². The van der Waals surface area contributed by atoms with Gasteiger partial charge in [0.15, 0.2) is 0 Å². The number of ether oxygens (including phenoxy) is 1. The summed E-state index contributed by atoms with van der Waals surface area (Å²) in [5.74, 6) is 0.717. The third-order valence-corrected chi connectivity index (χ3v) is 6.41. The van der Waals surface area contributed by atoms with Crippen molar-refractivity contribution in [3.05, 3.63) is 83.0 Å². The van der Waals surface area contributed by atoms with Gasteiger partial charge in [0.1, 0.15) is 5.82 Å². The van der Waals surface area contributed by atoms with Crippen molar-refractivity contribution in [1.82, 2.24) is 14.8 Å². The summed E-state index contributed by atoms with van der Waals surface area (Å²) in [6, 6.07) is 17.2. The van der Waals surface area contributed by atoms with Crippen molar-refractivity contribution < 1.29 is 14.3 Å². The van der Waals surface area contributed by atoms with Crippen LogP contribution in [0.2, 0.25) is 0 Å². The molecule has 0 spiro atoms. The molecule has 33 heavy (non-hydrogen) atoms. The van der Waals surface area contributed by atoms with E-state index >= 15 is 0 Å². The molecule has 1 saturated heterocycles. The molecule has 2 amide bonds. The number of aromatic nitrogens is 1. The molecule has 3 aliphatic rings. The Balaban J connectivity index is 1.53. The molecule has 0 aliphatic carbocycles. The fraction of sp³-hybridized carbons (Fsp3) is 0.192. The molecule has 7 heteroatoms. The number of benzene rings is 2. The maximum Gasteiger partial charge on any atom is 0.258 e. The lowest BCUT2D eigenvalue weighted by Crippen LogP contribution is -2.40. The molecule has 1 aromatic heterocycles. The van der Waals surface area contributed by atoms with Crippen LogP contribution in [0, 0.1) is 0 Å². The highest BCUT2D eigenvalue weighted by Gasteiger charge is 2.36. The quantitative estimate of drug-likeness (QED) is 0.607. The molecule has 7 nitrogen and oxygen atoms in total. The van der Waals surface area contributed by atoms with Gasteiger partial charge in [-0.1, -0.05) is 12.1 Å². The second-order valence-corrected chi connectivity index (χ2v) is 8.30. The largest absolute Gasteiger partial charge is 0.378 e.